The summed E-state index contributed by atoms with van der Waals surface area (Å²) < 4.78 is 119. The zero-order valence-corrected chi connectivity index (χ0v) is 30.3. The van der Waals surface area contributed by atoms with Crippen LogP contribution in [-0.4, -0.2) is 131 Å². The first kappa shape index (κ1) is 45.2. The summed E-state index contributed by atoms with van der Waals surface area (Å²) in [5.74, 6) is -6.02. The molecule has 2 aliphatic carbocycles. The number of carbonyl (C=O) groups is 2. The number of hydrogen-bond acceptors (Lipinski definition) is 12. The quantitative estimate of drug-likeness (QED) is 0.0230. The van der Waals surface area contributed by atoms with Crippen LogP contribution in [0.1, 0.15) is 32.1 Å². The highest BCUT2D eigenvalue weighted by molar-refractivity contribution is 5.72. The third kappa shape index (κ3) is 18.0. The number of halogens is 5. The van der Waals surface area contributed by atoms with Gasteiger partial charge in [-0.05, 0) is 30.6 Å². The van der Waals surface area contributed by atoms with Crippen molar-refractivity contribution in [1.82, 2.24) is 5.32 Å². The predicted octanol–water partition coefficient (Wildman–Crippen LogP) is 3.98. The van der Waals surface area contributed by atoms with Gasteiger partial charge in [0.25, 0.3) is 0 Å². The largest absolute Gasteiger partial charge is 0.449 e. The lowest BCUT2D eigenvalue weighted by Gasteiger charge is -2.09. The highest BCUT2D eigenvalue weighted by atomic mass is 19.2. The average molecular weight is 784 g/mol. The van der Waals surface area contributed by atoms with Crippen LogP contribution in [0, 0.1) is 58.7 Å². The van der Waals surface area contributed by atoms with Gasteiger partial charge in [0.15, 0.2) is 0 Å². The van der Waals surface area contributed by atoms with Gasteiger partial charge in [-0.2, -0.15) is 8.78 Å². The molecular formula is C36H50F5NO12. The van der Waals surface area contributed by atoms with Crippen LogP contribution >= 0.6 is 0 Å². The summed E-state index contributed by atoms with van der Waals surface area (Å²) in [4.78, 5) is 23.6. The number of amides is 1. The van der Waals surface area contributed by atoms with Crippen molar-refractivity contribution >= 4 is 12.1 Å². The van der Waals surface area contributed by atoms with Gasteiger partial charge in [0.05, 0.1) is 119 Å². The molecule has 54 heavy (non-hydrogen) atoms. The first-order valence-electron chi connectivity index (χ1n) is 18.0. The minimum atomic E-state index is -2.35. The van der Waals surface area contributed by atoms with Crippen molar-refractivity contribution in [2.24, 2.45) is 17.8 Å². The van der Waals surface area contributed by atoms with E-state index in [1.807, 2.05) is 0 Å². The summed E-state index contributed by atoms with van der Waals surface area (Å²) in [6.07, 6.45) is 3.19. The molecule has 0 aliphatic heterocycles. The first-order chi connectivity index (χ1) is 26.3. The Kier molecular flexibility index (Phi) is 23.0. The molecule has 13 nitrogen and oxygen atoms in total. The zero-order valence-electron chi connectivity index (χ0n) is 30.3. The molecule has 306 valence electrons. The molecule has 1 fully saturated rings. The lowest BCUT2D eigenvalue weighted by Crippen LogP contribution is -2.29. The monoisotopic (exact) mass is 783 g/mol. The summed E-state index contributed by atoms with van der Waals surface area (Å²) in [5.41, 5.74) is 0. The predicted molar refractivity (Wildman–Crippen MR) is 179 cm³/mol. The molecule has 1 amide bonds. The molecule has 1 unspecified atom stereocenters. The molecule has 3 rings (SSSR count). The molecule has 0 spiro atoms. The second-order valence-electron chi connectivity index (χ2n) is 12.0. The lowest BCUT2D eigenvalue weighted by atomic mass is 10.1. The molecule has 0 saturated heterocycles. The Balaban J connectivity index is 0.957. The Bertz CT molecular complexity index is 1270. The number of carbonyl (C=O) groups excluding carboxylic acids is 2. The third-order valence-corrected chi connectivity index (χ3v) is 8.20. The van der Waals surface area contributed by atoms with E-state index in [2.05, 4.69) is 21.9 Å². The molecule has 1 N–H and O–H groups in total. The van der Waals surface area contributed by atoms with Gasteiger partial charge in [0, 0.05) is 19.4 Å². The third-order valence-electron chi connectivity index (χ3n) is 8.20. The van der Waals surface area contributed by atoms with E-state index in [4.69, 9.17) is 42.6 Å². The summed E-state index contributed by atoms with van der Waals surface area (Å²) in [5, 5.41) is 2.71. The van der Waals surface area contributed by atoms with Gasteiger partial charge >= 0.3 is 12.1 Å². The van der Waals surface area contributed by atoms with Gasteiger partial charge < -0.3 is 52.7 Å². The van der Waals surface area contributed by atoms with Crippen molar-refractivity contribution in [2.45, 2.75) is 32.1 Å². The molecule has 0 heterocycles. The second-order valence-corrected chi connectivity index (χ2v) is 12.0. The topological polar surface area (TPSA) is 138 Å². The Labute approximate surface area is 311 Å². The summed E-state index contributed by atoms with van der Waals surface area (Å²) in [6, 6.07) is 0. The van der Waals surface area contributed by atoms with Crippen molar-refractivity contribution in [3.8, 4) is 17.6 Å². The van der Waals surface area contributed by atoms with E-state index in [1.54, 1.807) is 0 Å². The summed E-state index contributed by atoms with van der Waals surface area (Å²) >= 11 is 0. The van der Waals surface area contributed by atoms with Crippen molar-refractivity contribution in [2.75, 3.05) is 119 Å². The number of hydrogen-bond donors (Lipinski definition) is 1. The number of esters is 1. The van der Waals surface area contributed by atoms with Crippen LogP contribution in [0.4, 0.5) is 26.7 Å². The number of ether oxygens (including phenoxy) is 10. The van der Waals surface area contributed by atoms with Crippen LogP contribution in [0.25, 0.3) is 0 Å². The van der Waals surface area contributed by atoms with Crippen molar-refractivity contribution < 1.29 is 78.9 Å². The fraction of sp³-hybridized carbons (Fsp3) is 0.722. The van der Waals surface area contributed by atoms with Crippen LogP contribution in [0.15, 0.2) is 0 Å². The number of benzene rings is 1. The SMILES string of the molecule is O=C(CCOCCOCCOCCOCCOCCOCCOCCOCCNC(=O)OCC1[C@H]2CCC#CCC[C@@H]12)Oc1c(F)c(F)c(F)c(F)c1F. The fourth-order valence-electron chi connectivity index (χ4n) is 5.37. The summed E-state index contributed by atoms with van der Waals surface area (Å²) in [7, 11) is 0. The van der Waals surface area contributed by atoms with Gasteiger partial charge in [-0.1, -0.05) is 0 Å². The highest BCUT2D eigenvalue weighted by Gasteiger charge is 2.49. The van der Waals surface area contributed by atoms with E-state index < -0.39 is 53.3 Å². The molecule has 18 heteroatoms. The molecule has 0 radical (unpaired) electrons. The Morgan fingerprint density at radius 2 is 0.907 bits per heavy atom. The van der Waals surface area contributed by atoms with Crippen molar-refractivity contribution in [3.05, 3.63) is 29.1 Å². The van der Waals surface area contributed by atoms with E-state index in [-0.39, 0.29) is 26.4 Å². The smallest absolute Gasteiger partial charge is 0.407 e. The van der Waals surface area contributed by atoms with E-state index in [0.29, 0.717) is 110 Å². The summed E-state index contributed by atoms with van der Waals surface area (Å²) in [6.45, 7) is 5.81. The Morgan fingerprint density at radius 3 is 1.33 bits per heavy atom. The van der Waals surface area contributed by atoms with Gasteiger partial charge in [-0.25, -0.2) is 18.0 Å². The molecule has 1 aromatic rings. The molecule has 0 bridgehead atoms. The van der Waals surface area contributed by atoms with Crippen LogP contribution in [0.2, 0.25) is 0 Å². The Hall–Kier alpha value is -3.15. The normalized spacial score (nSPS) is 17.5. The van der Waals surface area contributed by atoms with E-state index in [0.717, 1.165) is 25.7 Å². The number of fused-ring (bicyclic) bond motifs is 1. The van der Waals surface area contributed by atoms with Gasteiger partial charge in [-0.15, -0.1) is 11.8 Å². The molecular weight excluding hydrogens is 733 g/mol. The van der Waals surface area contributed by atoms with Crippen LogP contribution in [0.5, 0.6) is 5.75 Å². The van der Waals surface area contributed by atoms with Crippen LogP contribution < -0.4 is 10.1 Å². The lowest BCUT2D eigenvalue weighted by molar-refractivity contribution is -0.136. The zero-order chi connectivity index (χ0) is 38.8. The maximum atomic E-state index is 13.6. The molecule has 3 atom stereocenters. The number of alkyl carbamates (subject to hydrolysis) is 1. The molecule has 1 saturated carbocycles. The average Bonchev–Trinajstić information content (AvgIpc) is 3.81. The minimum Gasteiger partial charge on any atom is -0.449 e. The first-order valence-corrected chi connectivity index (χ1v) is 18.0. The fourth-order valence-corrected chi connectivity index (χ4v) is 5.37. The van der Waals surface area contributed by atoms with Gasteiger partial charge in [-0.3, -0.25) is 4.79 Å². The Morgan fingerprint density at radius 1 is 0.537 bits per heavy atom. The van der Waals surface area contributed by atoms with E-state index in [9.17, 15) is 31.5 Å². The maximum Gasteiger partial charge on any atom is 0.407 e. The molecule has 1 aromatic carbocycles. The number of rotatable bonds is 30. The van der Waals surface area contributed by atoms with Gasteiger partial charge in [0.1, 0.15) is 0 Å². The number of nitrogens with one attached hydrogen (secondary N) is 1. The van der Waals surface area contributed by atoms with Gasteiger partial charge in [0.2, 0.25) is 34.8 Å². The van der Waals surface area contributed by atoms with Crippen molar-refractivity contribution in [1.29, 1.82) is 0 Å². The van der Waals surface area contributed by atoms with Crippen LogP contribution in [-0.2, 0) is 47.4 Å². The van der Waals surface area contributed by atoms with E-state index in [1.165, 1.54) is 0 Å². The molecule has 2 aliphatic rings. The standard InChI is InChI=1S/C36H50F5NO12/c37-30-31(38)33(40)35(34(41)32(30)39)54-29(43)7-9-45-11-13-47-15-17-49-19-21-51-23-24-52-22-20-50-18-16-48-14-12-46-10-8-42-36(44)53-25-28-26-5-3-1-2-4-6-27(26)28/h26-28H,3-25H2,(H,42,44)/t26-,27+,28?. The van der Waals surface area contributed by atoms with E-state index >= 15 is 0 Å². The van der Waals surface area contributed by atoms with Crippen LogP contribution in [0.3, 0.4) is 0 Å². The second kappa shape index (κ2) is 27.4. The maximum absolute atomic E-state index is 13.6. The molecule has 0 aromatic heterocycles. The minimum absolute atomic E-state index is 0.0760. The highest BCUT2D eigenvalue weighted by Crippen LogP contribution is 2.52. The van der Waals surface area contributed by atoms with Crippen molar-refractivity contribution in [3.63, 3.8) is 0 Å².